The van der Waals surface area contributed by atoms with Gasteiger partial charge in [0, 0.05) is 23.8 Å². The molecule has 1 aromatic heterocycles. The van der Waals surface area contributed by atoms with Crippen molar-refractivity contribution in [3.8, 4) is 6.07 Å². The predicted molar refractivity (Wildman–Crippen MR) is 74.3 cm³/mol. The minimum Gasteiger partial charge on any atom is -0.381 e. The van der Waals surface area contributed by atoms with Gasteiger partial charge in [-0.2, -0.15) is 18.4 Å². The number of nitriles is 1. The normalized spacial score (nSPS) is 22.5. The number of nitrogens with zero attached hydrogens (tertiary/aromatic N) is 3. The van der Waals surface area contributed by atoms with Gasteiger partial charge in [0.25, 0.3) is 0 Å². The van der Waals surface area contributed by atoms with Gasteiger partial charge in [-0.05, 0) is 36.6 Å². The zero-order valence-electron chi connectivity index (χ0n) is 11.6. The summed E-state index contributed by atoms with van der Waals surface area (Å²) in [5.74, 6) is 0. The Hall–Kier alpha value is -2.33. The van der Waals surface area contributed by atoms with Gasteiger partial charge in [-0.3, -0.25) is 0 Å². The number of anilines is 1. The van der Waals surface area contributed by atoms with Gasteiger partial charge in [0.15, 0.2) is 6.10 Å². The SMILES string of the molecule is C[C@]1([C@@H](O)C(F)(F)F)CN1c1ccc2c(C#N)nccc2c1. The zero-order valence-corrected chi connectivity index (χ0v) is 11.6. The van der Waals surface area contributed by atoms with Gasteiger partial charge in [-0.25, -0.2) is 4.98 Å². The molecule has 1 aliphatic rings. The van der Waals surface area contributed by atoms with E-state index in [0.717, 1.165) is 5.39 Å². The minimum absolute atomic E-state index is 0.120. The first-order valence-electron chi connectivity index (χ1n) is 6.58. The van der Waals surface area contributed by atoms with Crippen LogP contribution in [-0.4, -0.2) is 34.5 Å². The van der Waals surface area contributed by atoms with E-state index in [1.807, 2.05) is 6.07 Å². The fourth-order valence-corrected chi connectivity index (χ4v) is 2.68. The van der Waals surface area contributed by atoms with Crippen molar-refractivity contribution in [1.29, 1.82) is 5.26 Å². The lowest BCUT2D eigenvalue weighted by molar-refractivity contribution is -0.211. The minimum atomic E-state index is -4.65. The molecule has 3 rings (SSSR count). The maximum atomic E-state index is 12.7. The molecule has 0 unspecified atom stereocenters. The van der Waals surface area contributed by atoms with Crippen LogP contribution in [0.4, 0.5) is 18.9 Å². The van der Waals surface area contributed by atoms with Crippen LogP contribution >= 0.6 is 0 Å². The summed E-state index contributed by atoms with van der Waals surface area (Å²) in [6.45, 7) is 1.50. The van der Waals surface area contributed by atoms with Crippen LogP contribution < -0.4 is 4.90 Å². The van der Waals surface area contributed by atoms with E-state index >= 15 is 0 Å². The molecule has 2 atom stereocenters. The Bertz CT molecular complexity index is 784. The van der Waals surface area contributed by atoms with Crippen molar-refractivity contribution >= 4 is 16.5 Å². The molecule has 0 amide bonds. The number of hydrogen-bond donors (Lipinski definition) is 1. The highest BCUT2D eigenvalue weighted by Crippen LogP contribution is 2.45. The number of aliphatic hydroxyl groups excluding tert-OH is 1. The lowest BCUT2D eigenvalue weighted by Gasteiger charge is -2.22. The van der Waals surface area contributed by atoms with Crippen molar-refractivity contribution < 1.29 is 18.3 Å². The summed E-state index contributed by atoms with van der Waals surface area (Å²) in [4.78, 5) is 5.44. The first kappa shape index (κ1) is 14.6. The van der Waals surface area contributed by atoms with Crippen LogP contribution in [0.1, 0.15) is 12.6 Å². The molecule has 2 aromatic rings. The number of benzene rings is 1. The van der Waals surface area contributed by atoms with Crippen molar-refractivity contribution in [2.45, 2.75) is 24.7 Å². The number of aliphatic hydroxyl groups is 1. The number of halogens is 3. The molecule has 1 fully saturated rings. The van der Waals surface area contributed by atoms with E-state index < -0.39 is 17.8 Å². The van der Waals surface area contributed by atoms with Crippen molar-refractivity contribution in [3.63, 3.8) is 0 Å². The maximum Gasteiger partial charge on any atom is 0.416 e. The summed E-state index contributed by atoms with van der Waals surface area (Å²) in [6.07, 6.45) is -5.57. The molecule has 4 nitrogen and oxygen atoms in total. The molecule has 1 aliphatic heterocycles. The number of fused-ring (bicyclic) bond motifs is 1. The Morgan fingerprint density at radius 3 is 2.77 bits per heavy atom. The second-order valence-corrected chi connectivity index (χ2v) is 5.56. The van der Waals surface area contributed by atoms with Crippen molar-refractivity contribution in [1.82, 2.24) is 4.98 Å². The van der Waals surface area contributed by atoms with Crippen molar-refractivity contribution in [2.75, 3.05) is 11.4 Å². The predicted octanol–water partition coefficient (Wildman–Crippen LogP) is 2.61. The van der Waals surface area contributed by atoms with Crippen LogP contribution in [0.2, 0.25) is 0 Å². The molecule has 0 bridgehead atoms. The number of hydrogen-bond acceptors (Lipinski definition) is 4. The molecule has 0 spiro atoms. The highest BCUT2D eigenvalue weighted by atomic mass is 19.4. The molecule has 1 N–H and O–H groups in total. The van der Waals surface area contributed by atoms with E-state index in [9.17, 15) is 18.3 Å². The van der Waals surface area contributed by atoms with E-state index in [2.05, 4.69) is 4.98 Å². The van der Waals surface area contributed by atoms with Crippen LogP contribution in [-0.2, 0) is 0 Å². The first-order valence-corrected chi connectivity index (χ1v) is 6.58. The third-order valence-electron chi connectivity index (χ3n) is 4.06. The Morgan fingerprint density at radius 2 is 2.14 bits per heavy atom. The Kier molecular flexibility index (Phi) is 3.04. The second kappa shape index (κ2) is 4.58. The summed E-state index contributed by atoms with van der Waals surface area (Å²) >= 11 is 0. The molecule has 0 aliphatic carbocycles. The summed E-state index contributed by atoms with van der Waals surface area (Å²) in [7, 11) is 0. The van der Waals surface area contributed by atoms with E-state index in [-0.39, 0.29) is 12.2 Å². The van der Waals surface area contributed by atoms with Gasteiger partial charge in [0.1, 0.15) is 11.8 Å². The van der Waals surface area contributed by atoms with Gasteiger partial charge in [-0.15, -0.1) is 0 Å². The van der Waals surface area contributed by atoms with Gasteiger partial charge in [0.2, 0.25) is 0 Å². The summed E-state index contributed by atoms with van der Waals surface area (Å²) in [6, 6.07) is 8.67. The van der Waals surface area contributed by atoms with Crippen LogP contribution in [0.15, 0.2) is 30.5 Å². The quantitative estimate of drug-likeness (QED) is 0.866. The molecule has 114 valence electrons. The van der Waals surface area contributed by atoms with Gasteiger partial charge >= 0.3 is 6.18 Å². The maximum absolute atomic E-state index is 12.7. The lowest BCUT2D eigenvalue weighted by atomic mass is 10.0. The fraction of sp³-hybridized carbons (Fsp3) is 0.333. The Labute approximate surface area is 124 Å². The number of aromatic nitrogens is 1. The molecular weight excluding hydrogens is 295 g/mol. The Balaban J connectivity index is 1.95. The number of rotatable bonds is 2. The largest absolute Gasteiger partial charge is 0.416 e. The summed E-state index contributed by atoms with van der Waals surface area (Å²) in [5.41, 5.74) is -0.502. The third-order valence-corrected chi connectivity index (χ3v) is 4.06. The molecular formula is C15H12F3N3O. The van der Waals surface area contributed by atoms with E-state index in [1.54, 1.807) is 24.3 Å². The van der Waals surface area contributed by atoms with Crippen LogP contribution in [0.3, 0.4) is 0 Å². The number of pyridine rings is 1. The third kappa shape index (κ3) is 2.16. The smallest absolute Gasteiger partial charge is 0.381 e. The molecule has 0 radical (unpaired) electrons. The summed E-state index contributed by atoms with van der Waals surface area (Å²) < 4.78 is 38.1. The summed E-state index contributed by atoms with van der Waals surface area (Å²) in [5, 5.41) is 19.9. The molecule has 0 saturated carbocycles. The van der Waals surface area contributed by atoms with Crippen molar-refractivity contribution in [3.05, 3.63) is 36.2 Å². The zero-order chi connectivity index (χ0) is 16.1. The number of alkyl halides is 3. The topological polar surface area (TPSA) is 59.9 Å². The van der Waals surface area contributed by atoms with Crippen molar-refractivity contribution in [2.24, 2.45) is 0 Å². The van der Waals surface area contributed by atoms with Gasteiger partial charge in [0.05, 0.1) is 5.54 Å². The standard InChI is InChI=1S/C15H12F3N3O/c1-14(13(22)15(16,17)18)8-21(14)10-2-3-11-9(6-10)4-5-20-12(11)7-19/h2-6,13,22H,8H2,1H3/t13-,14-,21?/m1/s1. The van der Waals surface area contributed by atoms with Crippen LogP contribution in [0.25, 0.3) is 10.8 Å². The molecule has 1 saturated heterocycles. The molecule has 1 aromatic carbocycles. The molecule has 7 heteroatoms. The monoisotopic (exact) mass is 307 g/mol. The average Bonchev–Trinajstić information content (AvgIpc) is 3.17. The van der Waals surface area contributed by atoms with Gasteiger partial charge in [-0.1, -0.05) is 0 Å². The van der Waals surface area contributed by atoms with Crippen LogP contribution in [0, 0.1) is 11.3 Å². The fourth-order valence-electron chi connectivity index (χ4n) is 2.68. The highest BCUT2D eigenvalue weighted by molar-refractivity contribution is 5.89. The van der Waals surface area contributed by atoms with Crippen LogP contribution in [0.5, 0.6) is 0 Å². The van der Waals surface area contributed by atoms with Gasteiger partial charge < -0.3 is 10.0 Å². The van der Waals surface area contributed by atoms with E-state index in [1.165, 1.54) is 18.0 Å². The molecule has 22 heavy (non-hydrogen) atoms. The van der Waals surface area contributed by atoms with E-state index in [0.29, 0.717) is 11.1 Å². The highest BCUT2D eigenvalue weighted by Gasteiger charge is 2.62. The molecule has 2 heterocycles. The second-order valence-electron chi connectivity index (χ2n) is 5.56. The van der Waals surface area contributed by atoms with E-state index in [4.69, 9.17) is 5.26 Å². The lowest BCUT2D eigenvalue weighted by Crippen LogP contribution is -2.43. The Morgan fingerprint density at radius 1 is 1.41 bits per heavy atom. The average molecular weight is 307 g/mol. The first-order chi connectivity index (χ1) is 10.3.